The Kier molecular flexibility index (Phi) is 1.30. The van der Waals surface area contributed by atoms with Gasteiger partial charge in [0, 0.05) is 6.20 Å². The molecule has 0 aromatic carbocycles. The molecule has 1 aromatic heterocycles. The van der Waals surface area contributed by atoms with Crippen LogP contribution in [0.1, 0.15) is 17.3 Å². The highest BCUT2D eigenvalue weighted by Gasteiger charge is 2.27. The van der Waals surface area contributed by atoms with Gasteiger partial charge in [0.1, 0.15) is 0 Å². The fourth-order valence-corrected chi connectivity index (χ4v) is 2.02. The van der Waals surface area contributed by atoms with Gasteiger partial charge in [-0.2, -0.15) is 0 Å². The Morgan fingerprint density at radius 1 is 1.46 bits per heavy atom. The number of fused-ring (bicyclic) bond motifs is 3. The van der Waals surface area contributed by atoms with Crippen molar-refractivity contribution in [3.05, 3.63) is 53.5 Å². The van der Waals surface area contributed by atoms with E-state index in [0.29, 0.717) is 6.04 Å². The number of allylic oxidation sites excluding steroid dienone is 2. The summed E-state index contributed by atoms with van der Waals surface area (Å²) in [6.45, 7) is 0. The lowest BCUT2D eigenvalue weighted by Crippen LogP contribution is -2.17. The van der Waals surface area contributed by atoms with Crippen molar-refractivity contribution in [2.24, 2.45) is 0 Å². The molecule has 0 saturated heterocycles. The molecule has 2 heterocycles. The maximum Gasteiger partial charge on any atom is 0.0904 e. The van der Waals surface area contributed by atoms with Gasteiger partial charge in [-0.05, 0) is 35.9 Å². The number of hydrogen-bond acceptors (Lipinski definition) is 2. The molecule has 1 atom stereocenters. The normalized spacial score (nSPS) is 23.1. The molecule has 0 amide bonds. The van der Waals surface area contributed by atoms with Crippen LogP contribution in [0.4, 0.5) is 0 Å². The van der Waals surface area contributed by atoms with Crippen LogP contribution in [0.15, 0.2) is 42.3 Å². The maximum atomic E-state index is 4.41. The second-order valence-corrected chi connectivity index (χ2v) is 3.42. The average molecular weight is 170 g/mol. The van der Waals surface area contributed by atoms with Crippen LogP contribution in [0.3, 0.4) is 0 Å². The smallest absolute Gasteiger partial charge is 0.0904 e. The highest BCUT2D eigenvalue weighted by atomic mass is 14.9. The third-order valence-electron chi connectivity index (χ3n) is 2.63. The maximum absolute atomic E-state index is 4.41. The van der Waals surface area contributed by atoms with Gasteiger partial charge in [-0.15, -0.1) is 0 Å². The summed E-state index contributed by atoms with van der Waals surface area (Å²) < 4.78 is 0. The van der Waals surface area contributed by atoms with Gasteiger partial charge in [-0.3, -0.25) is 4.98 Å². The zero-order valence-corrected chi connectivity index (χ0v) is 7.20. The van der Waals surface area contributed by atoms with E-state index in [9.17, 15) is 0 Å². The largest absolute Gasteiger partial charge is 0.379 e. The molecule has 13 heavy (non-hydrogen) atoms. The lowest BCUT2D eigenvalue weighted by molar-refractivity contribution is 0.702. The molecule has 64 valence electrons. The molecule has 1 aliphatic heterocycles. The molecule has 2 nitrogen and oxygen atoms in total. The molecule has 1 aromatic rings. The van der Waals surface area contributed by atoms with Crippen LogP contribution < -0.4 is 5.32 Å². The van der Waals surface area contributed by atoms with Gasteiger partial charge in [0.2, 0.25) is 0 Å². The highest BCUT2D eigenvalue weighted by Crippen LogP contribution is 2.34. The third-order valence-corrected chi connectivity index (χ3v) is 2.63. The lowest BCUT2D eigenvalue weighted by Gasteiger charge is -2.15. The zero-order chi connectivity index (χ0) is 8.67. The van der Waals surface area contributed by atoms with Crippen LogP contribution in [0.25, 0.3) is 0 Å². The number of aromatic nitrogens is 1. The topological polar surface area (TPSA) is 24.9 Å². The average Bonchev–Trinajstić information content (AvgIpc) is 2.56. The Balaban J connectivity index is 2.14. The molecule has 2 aliphatic rings. The fraction of sp³-hybridized carbons (Fsp3) is 0.182. The fourth-order valence-electron chi connectivity index (χ4n) is 2.02. The predicted octanol–water partition coefficient (Wildman–Crippen LogP) is 1.72. The lowest BCUT2D eigenvalue weighted by atomic mass is 10.1. The number of nitrogens with zero attached hydrogens (tertiary/aromatic N) is 1. The first kappa shape index (κ1) is 6.89. The first-order valence-electron chi connectivity index (χ1n) is 4.50. The summed E-state index contributed by atoms with van der Waals surface area (Å²) in [5.74, 6) is 0. The van der Waals surface area contributed by atoms with Crippen molar-refractivity contribution in [1.82, 2.24) is 10.3 Å². The van der Waals surface area contributed by atoms with Crippen molar-refractivity contribution in [3.63, 3.8) is 0 Å². The van der Waals surface area contributed by atoms with E-state index in [0.717, 1.165) is 6.42 Å². The summed E-state index contributed by atoms with van der Waals surface area (Å²) in [5, 5.41) is 3.33. The van der Waals surface area contributed by atoms with E-state index in [1.165, 1.54) is 16.8 Å². The Bertz CT molecular complexity index is 404. The number of dihydropyridines is 1. The third kappa shape index (κ3) is 0.917. The van der Waals surface area contributed by atoms with Crippen LogP contribution in [-0.2, 0) is 6.42 Å². The van der Waals surface area contributed by atoms with Gasteiger partial charge >= 0.3 is 0 Å². The van der Waals surface area contributed by atoms with E-state index in [1.807, 2.05) is 18.5 Å². The number of hydrogen-bond donors (Lipinski definition) is 1. The summed E-state index contributed by atoms with van der Waals surface area (Å²) in [6, 6.07) is 4.49. The van der Waals surface area contributed by atoms with E-state index in [1.54, 1.807) is 0 Å². The van der Waals surface area contributed by atoms with Gasteiger partial charge in [0.05, 0.1) is 11.7 Å². The zero-order valence-electron chi connectivity index (χ0n) is 7.20. The van der Waals surface area contributed by atoms with Gasteiger partial charge in [0.25, 0.3) is 0 Å². The van der Waals surface area contributed by atoms with Crippen LogP contribution in [0, 0.1) is 0 Å². The van der Waals surface area contributed by atoms with Gasteiger partial charge in [-0.1, -0.05) is 12.1 Å². The van der Waals surface area contributed by atoms with Crippen LogP contribution in [0.5, 0.6) is 0 Å². The van der Waals surface area contributed by atoms with Crippen molar-refractivity contribution in [3.8, 4) is 0 Å². The minimum atomic E-state index is 0.334. The summed E-state index contributed by atoms with van der Waals surface area (Å²) in [7, 11) is 0. The molecular weight excluding hydrogens is 160 g/mol. The second-order valence-electron chi connectivity index (χ2n) is 3.42. The van der Waals surface area contributed by atoms with Crippen molar-refractivity contribution in [1.29, 1.82) is 0 Å². The molecule has 1 unspecified atom stereocenters. The second kappa shape index (κ2) is 2.46. The van der Waals surface area contributed by atoms with Crippen LogP contribution in [0.2, 0.25) is 0 Å². The quantitative estimate of drug-likeness (QED) is 0.641. The van der Waals surface area contributed by atoms with Gasteiger partial charge in [0.15, 0.2) is 0 Å². The molecule has 1 N–H and O–H groups in total. The molecular formula is C11H10N2. The van der Waals surface area contributed by atoms with Crippen molar-refractivity contribution >= 4 is 0 Å². The van der Waals surface area contributed by atoms with E-state index in [4.69, 9.17) is 0 Å². The summed E-state index contributed by atoms with van der Waals surface area (Å²) >= 11 is 0. The Labute approximate surface area is 77.0 Å². The molecule has 0 bridgehead atoms. The van der Waals surface area contributed by atoms with Gasteiger partial charge in [-0.25, -0.2) is 0 Å². The summed E-state index contributed by atoms with van der Waals surface area (Å²) in [5.41, 5.74) is 3.98. The molecule has 0 radical (unpaired) electrons. The van der Waals surface area contributed by atoms with Gasteiger partial charge < -0.3 is 5.32 Å². The standard InChI is InChI=1S/C11H10N2/c1-3-8-7-9-4-2-6-13-11(9)10(8)12-5-1/h1-6,10,12H,7H2. The number of nitrogens with one attached hydrogen (secondary N) is 1. The van der Waals surface area contributed by atoms with E-state index >= 15 is 0 Å². The van der Waals surface area contributed by atoms with Crippen LogP contribution in [-0.4, -0.2) is 4.98 Å². The summed E-state index contributed by atoms with van der Waals surface area (Å²) in [6.07, 6.45) is 9.13. The minimum Gasteiger partial charge on any atom is -0.379 e. The van der Waals surface area contributed by atoms with Crippen LogP contribution >= 0.6 is 0 Å². The van der Waals surface area contributed by atoms with Crippen molar-refractivity contribution < 1.29 is 0 Å². The first-order valence-corrected chi connectivity index (χ1v) is 4.50. The van der Waals surface area contributed by atoms with Crippen molar-refractivity contribution in [2.45, 2.75) is 12.5 Å². The monoisotopic (exact) mass is 170 g/mol. The number of pyridine rings is 1. The first-order chi connectivity index (χ1) is 6.45. The Morgan fingerprint density at radius 2 is 2.46 bits per heavy atom. The Morgan fingerprint density at radius 3 is 3.46 bits per heavy atom. The number of rotatable bonds is 0. The molecule has 0 fully saturated rings. The van der Waals surface area contributed by atoms with E-state index in [2.05, 4.69) is 28.5 Å². The molecule has 1 aliphatic carbocycles. The highest BCUT2D eigenvalue weighted by molar-refractivity contribution is 5.44. The molecule has 3 rings (SSSR count). The van der Waals surface area contributed by atoms with Crippen molar-refractivity contribution in [2.75, 3.05) is 0 Å². The SMILES string of the molecule is C1=CNC2C(=C1)Cc1cccnc12. The molecule has 2 heteroatoms. The summed E-state index contributed by atoms with van der Waals surface area (Å²) in [4.78, 5) is 4.41. The predicted molar refractivity (Wildman–Crippen MR) is 51.0 cm³/mol. The Hall–Kier alpha value is -1.57. The molecule has 0 saturated carbocycles. The minimum absolute atomic E-state index is 0.334. The van der Waals surface area contributed by atoms with E-state index in [-0.39, 0.29) is 0 Å². The molecule has 0 spiro atoms. The van der Waals surface area contributed by atoms with E-state index < -0.39 is 0 Å².